The van der Waals surface area contributed by atoms with Crippen LogP contribution in [0.1, 0.15) is 17.5 Å². The Labute approximate surface area is 76.7 Å². The maximum Gasteiger partial charge on any atom is 0.0405 e. The molecule has 1 nitrogen and oxygen atoms in total. The molecule has 1 aliphatic heterocycles. The quantitative estimate of drug-likeness (QED) is 0.647. The van der Waals surface area contributed by atoms with Crippen LogP contribution in [0.2, 0.25) is 0 Å². The van der Waals surface area contributed by atoms with Crippen molar-refractivity contribution in [2.75, 3.05) is 5.75 Å². The summed E-state index contributed by atoms with van der Waals surface area (Å²) in [6, 6.07) is 6.36. The van der Waals surface area contributed by atoms with Crippen molar-refractivity contribution < 1.29 is 0 Å². The Bertz CT molecular complexity index is 331. The zero-order valence-corrected chi connectivity index (χ0v) is 7.87. The number of thioether (sulfide) groups is 1. The van der Waals surface area contributed by atoms with E-state index in [1.807, 2.05) is 11.8 Å². The summed E-state index contributed by atoms with van der Waals surface area (Å²) >= 11 is 1.86. The summed E-state index contributed by atoms with van der Waals surface area (Å²) in [5, 5.41) is 7.75. The monoisotopic (exact) mass is 177 g/mol. The minimum atomic E-state index is 0.799. The largest absolute Gasteiger partial charge is 0.305 e. The second kappa shape index (κ2) is 2.94. The van der Waals surface area contributed by atoms with Gasteiger partial charge in [-0.3, -0.25) is 0 Å². The molecular formula is C10H11NS. The molecule has 0 spiro atoms. The zero-order chi connectivity index (χ0) is 8.55. The second-order valence-electron chi connectivity index (χ2n) is 3.08. The number of rotatable bonds is 0. The van der Waals surface area contributed by atoms with Crippen LogP contribution in [0, 0.1) is 12.3 Å². The lowest BCUT2D eigenvalue weighted by atomic mass is 10.1. The molecule has 1 aromatic carbocycles. The molecule has 0 unspecified atom stereocenters. The van der Waals surface area contributed by atoms with Gasteiger partial charge in [0.2, 0.25) is 0 Å². The third-order valence-electron chi connectivity index (χ3n) is 2.07. The predicted octanol–water partition coefficient (Wildman–Crippen LogP) is 2.86. The van der Waals surface area contributed by atoms with Crippen LogP contribution in [0.5, 0.6) is 0 Å². The molecule has 0 saturated carbocycles. The van der Waals surface area contributed by atoms with E-state index in [2.05, 4.69) is 25.1 Å². The van der Waals surface area contributed by atoms with Crippen LogP contribution in [0.4, 0.5) is 0 Å². The van der Waals surface area contributed by atoms with Gasteiger partial charge in [-0.1, -0.05) is 11.6 Å². The summed E-state index contributed by atoms with van der Waals surface area (Å²) in [7, 11) is 0. The van der Waals surface area contributed by atoms with Crippen molar-refractivity contribution in [3.63, 3.8) is 0 Å². The first kappa shape index (κ1) is 7.87. The molecule has 1 N–H and O–H groups in total. The molecule has 12 heavy (non-hydrogen) atoms. The van der Waals surface area contributed by atoms with Gasteiger partial charge in [0.25, 0.3) is 0 Å². The maximum absolute atomic E-state index is 7.75. The topological polar surface area (TPSA) is 23.9 Å². The molecule has 1 aromatic rings. The van der Waals surface area contributed by atoms with Gasteiger partial charge in [-0.15, -0.1) is 11.8 Å². The van der Waals surface area contributed by atoms with Gasteiger partial charge in [0, 0.05) is 21.9 Å². The van der Waals surface area contributed by atoms with Crippen molar-refractivity contribution in [2.24, 2.45) is 0 Å². The minimum Gasteiger partial charge on any atom is -0.305 e. The van der Waals surface area contributed by atoms with Gasteiger partial charge in [-0.25, -0.2) is 0 Å². The Morgan fingerprint density at radius 2 is 2.25 bits per heavy atom. The third-order valence-corrected chi connectivity index (χ3v) is 3.15. The highest BCUT2D eigenvalue weighted by Crippen LogP contribution is 2.30. The molecule has 62 valence electrons. The lowest BCUT2D eigenvalue weighted by Gasteiger charge is -2.16. The standard InChI is InChI=1S/C10H11NS/c1-7-2-3-10-8(6-7)9(11)4-5-12-10/h2-3,6,11H,4-5H2,1H3. The first-order chi connectivity index (χ1) is 5.77. The van der Waals surface area contributed by atoms with Crippen molar-refractivity contribution in [1.29, 1.82) is 5.41 Å². The van der Waals surface area contributed by atoms with Crippen LogP contribution in [0.25, 0.3) is 0 Å². The molecule has 0 radical (unpaired) electrons. The molecule has 1 heterocycles. The Balaban J connectivity index is 2.54. The Morgan fingerprint density at radius 3 is 3.08 bits per heavy atom. The first-order valence-corrected chi connectivity index (χ1v) is 5.07. The fourth-order valence-corrected chi connectivity index (χ4v) is 2.43. The highest BCUT2D eigenvalue weighted by Gasteiger charge is 2.13. The van der Waals surface area contributed by atoms with Gasteiger partial charge < -0.3 is 5.41 Å². The number of hydrogen-bond acceptors (Lipinski definition) is 2. The van der Waals surface area contributed by atoms with Crippen LogP contribution in [-0.2, 0) is 0 Å². The average molecular weight is 177 g/mol. The summed E-state index contributed by atoms with van der Waals surface area (Å²) in [6.07, 6.45) is 0.918. The number of benzene rings is 1. The molecule has 2 rings (SSSR count). The number of aryl methyl sites for hydroxylation is 1. The normalized spacial score (nSPS) is 15.9. The summed E-state index contributed by atoms with van der Waals surface area (Å²) < 4.78 is 0. The molecule has 0 aliphatic carbocycles. The first-order valence-electron chi connectivity index (χ1n) is 4.08. The van der Waals surface area contributed by atoms with Crippen LogP contribution in [0.3, 0.4) is 0 Å². The number of hydrogen-bond donors (Lipinski definition) is 1. The molecular weight excluding hydrogens is 166 g/mol. The van der Waals surface area contributed by atoms with Crippen LogP contribution in [-0.4, -0.2) is 11.5 Å². The van der Waals surface area contributed by atoms with Crippen LogP contribution < -0.4 is 0 Å². The van der Waals surface area contributed by atoms with E-state index < -0.39 is 0 Å². The van der Waals surface area contributed by atoms with Gasteiger partial charge >= 0.3 is 0 Å². The van der Waals surface area contributed by atoms with Crippen LogP contribution in [0.15, 0.2) is 23.1 Å². The lowest BCUT2D eigenvalue weighted by Crippen LogP contribution is -2.07. The summed E-state index contributed by atoms with van der Waals surface area (Å²) in [6.45, 7) is 2.08. The van der Waals surface area contributed by atoms with E-state index in [0.717, 1.165) is 23.4 Å². The summed E-state index contributed by atoms with van der Waals surface area (Å²) in [5.41, 5.74) is 3.19. The molecule has 1 aliphatic rings. The van der Waals surface area contributed by atoms with Crippen molar-refractivity contribution in [2.45, 2.75) is 18.2 Å². The highest BCUT2D eigenvalue weighted by atomic mass is 32.2. The third kappa shape index (κ3) is 1.27. The van der Waals surface area contributed by atoms with Gasteiger partial charge in [-0.2, -0.15) is 0 Å². The van der Waals surface area contributed by atoms with Crippen molar-refractivity contribution in [1.82, 2.24) is 0 Å². The fraction of sp³-hybridized carbons (Fsp3) is 0.300. The minimum absolute atomic E-state index is 0.799. The SMILES string of the molecule is Cc1ccc2c(c1)C(=N)CCS2. The fourth-order valence-electron chi connectivity index (χ4n) is 1.40. The highest BCUT2D eigenvalue weighted by molar-refractivity contribution is 7.99. The average Bonchev–Trinajstić information content (AvgIpc) is 2.07. The Kier molecular flexibility index (Phi) is 1.93. The molecule has 0 amide bonds. The zero-order valence-electron chi connectivity index (χ0n) is 7.05. The predicted molar refractivity (Wildman–Crippen MR) is 53.3 cm³/mol. The van der Waals surface area contributed by atoms with Crippen molar-refractivity contribution in [3.8, 4) is 0 Å². The van der Waals surface area contributed by atoms with Crippen LogP contribution >= 0.6 is 11.8 Å². The van der Waals surface area contributed by atoms with Crippen molar-refractivity contribution in [3.05, 3.63) is 29.3 Å². The molecule has 0 saturated heterocycles. The van der Waals surface area contributed by atoms with E-state index in [0.29, 0.717) is 0 Å². The van der Waals surface area contributed by atoms with E-state index in [4.69, 9.17) is 5.41 Å². The summed E-state index contributed by atoms with van der Waals surface area (Å²) in [5.74, 6) is 1.06. The number of fused-ring (bicyclic) bond motifs is 1. The molecule has 0 fully saturated rings. The Morgan fingerprint density at radius 1 is 1.42 bits per heavy atom. The van der Waals surface area contributed by atoms with Crippen molar-refractivity contribution >= 4 is 17.5 Å². The van der Waals surface area contributed by atoms with E-state index in [9.17, 15) is 0 Å². The Hall–Kier alpha value is -0.760. The molecule has 0 bridgehead atoms. The smallest absolute Gasteiger partial charge is 0.0405 e. The van der Waals surface area contributed by atoms with Gasteiger partial charge in [0.15, 0.2) is 0 Å². The van der Waals surface area contributed by atoms with E-state index in [-0.39, 0.29) is 0 Å². The molecule has 2 heteroatoms. The molecule has 0 aromatic heterocycles. The molecule has 0 atom stereocenters. The number of nitrogens with one attached hydrogen (secondary N) is 1. The van der Waals surface area contributed by atoms with Gasteiger partial charge in [0.05, 0.1) is 0 Å². The van der Waals surface area contributed by atoms with E-state index in [1.165, 1.54) is 10.5 Å². The van der Waals surface area contributed by atoms with Gasteiger partial charge in [-0.05, 0) is 25.5 Å². The lowest BCUT2D eigenvalue weighted by molar-refractivity contribution is 1.19. The maximum atomic E-state index is 7.75. The van der Waals surface area contributed by atoms with Gasteiger partial charge in [0.1, 0.15) is 0 Å². The van der Waals surface area contributed by atoms with E-state index in [1.54, 1.807) is 0 Å². The second-order valence-corrected chi connectivity index (χ2v) is 4.21. The summed E-state index contributed by atoms with van der Waals surface area (Å²) in [4.78, 5) is 1.27. The van der Waals surface area contributed by atoms with E-state index >= 15 is 0 Å².